The largest absolute Gasteiger partial charge is 0.488 e. The standard InChI is InChI=1S/C11H13BrFNO2/c12-7-5-9(13)11(14)10(6-7)16-8-1-3-15-4-2-8/h5-6,8H,1-4,14H2. The van der Waals surface area contributed by atoms with Gasteiger partial charge in [0.15, 0.2) is 5.82 Å². The molecule has 0 spiro atoms. The Morgan fingerprint density at radius 1 is 1.38 bits per heavy atom. The number of halogens is 2. The minimum Gasteiger partial charge on any atom is -0.488 e. The summed E-state index contributed by atoms with van der Waals surface area (Å²) < 4.78 is 24.9. The molecule has 1 aromatic carbocycles. The average molecular weight is 290 g/mol. The fourth-order valence-corrected chi connectivity index (χ4v) is 2.04. The molecule has 1 aliphatic heterocycles. The van der Waals surface area contributed by atoms with Crippen LogP contribution >= 0.6 is 15.9 Å². The fourth-order valence-electron chi connectivity index (χ4n) is 1.63. The summed E-state index contributed by atoms with van der Waals surface area (Å²) in [7, 11) is 0. The number of hydrogen-bond acceptors (Lipinski definition) is 3. The summed E-state index contributed by atoms with van der Waals surface area (Å²) in [5.74, 6) is -0.0600. The summed E-state index contributed by atoms with van der Waals surface area (Å²) in [4.78, 5) is 0. The zero-order valence-corrected chi connectivity index (χ0v) is 10.3. The van der Waals surface area contributed by atoms with Crippen LogP contribution in [0.5, 0.6) is 5.75 Å². The van der Waals surface area contributed by atoms with Crippen LogP contribution in [0, 0.1) is 5.82 Å². The van der Waals surface area contributed by atoms with E-state index < -0.39 is 5.82 Å². The minimum atomic E-state index is -0.462. The molecule has 1 aromatic rings. The van der Waals surface area contributed by atoms with Crippen LogP contribution in [-0.4, -0.2) is 19.3 Å². The summed E-state index contributed by atoms with van der Waals surface area (Å²) in [6, 6.07) is 3.01. The van der Waals surface area contributed by atoms with Crippen LogP contribution < -0.4 is 10.5 Å². The molecule has 0 unspecified atom stereocenters. The van der Waals surface area contributed by atoms with Crippen molar-refractivity contribution in [2.45, 2.75) is 18.9 Å². The lowest BCUT2D eigenvalue weighted by Gasteiger charge is -2.24. The van der Waals surface area contributed by atoms with E-state index in [2.05, 4.69) is 15.9 Å². The molecule has 0 aromatic heterocycles. The summed E-state index contributed by atoms with van der Waals surface area (Å²) in [6.45, 7) is 1.36. The highest BCUT2D eigenvalue weighted by Gasteiger charge is 2.17. The third-order valence-corrected chi connectivity index (χ3v) is 2.98. The summed E-state index contributed by atoms with van der Waals surface area (Å²) >= 11 is 3.21. The highest BCUT2D eigenvalue weighted by Crippen LogP contribution is 2.30. The molecular weight excluding hydrogens is 277 g/mol. The van der Waals surface area contributed by atoms with Crippen molar-refractivity contribution in [3.8, 4) is 5.75 Å². The Labute approximate surface area is 102 Å². The van der Waals surface area contributed by atoms with Gasteiger partial charge in [-0.05, 0) is 12.1 Å². The van der Waals surface area contributed by atoms with E-state index in [0.29, 0.717) is 23.4 Å². The van der Waals surface area contributed by atoms with Gasteiger partial charge in [0, 0.05) is 17.3 Å². The molecule has 0 amide bonds. The summed E-state index contributed by atoms with van der Waals surface area (Å²) in [5.41, 5.74) is 5.68. The molecule has 3 nitrogen and oxygen atoms in total. The number of benzene rings is 1. The van der Waals surface area contributed by atoms with Crippen LogP contribution in [0.3, 0.4) is 0 Å². The molecule has 0 radical (unpaired) electrons. The van der Waals surface area contributed by atoms with Crippen LogP contribution in [0.1, 0.15) is 12.8 Å². The van der Waals surface area contributed by atoms with Gasteiger partial charge in [-0.2, -0.15) is 0 Å². The summed E-state index contributed by atoms with van der Waals surface area (Å²) in [5, 5.41) is 0. The van der Waals surface area contributed by atoms with E-state index >= 15 is 0 Å². The molecule has 1 saturated heterocycles. The topological polar surface area (TPSA) is 44.5 Å². The van der Waals surface area contributed by atoms with Gasteiger partial charge < -0.3 is 15.2 Å². The van der Waals surface area contributed by atoms with Crippen molar-refractivity contribution in [1.29, 1.82) is 0 Å². The van der Waals surface area contributed by atoms with Crippen molar-refractivity contribution in [1.82, 2.24) is 0 Å². The Morgan fingerprint density at radius 3 is 2.75 bits per heavy atom. The normalized spacial score (nSPS) is 17.4. The predicted molar refractivity (Wildman–Crippen MR) is 63.0 cm³/mol. The molecule has 0 aliphatic carbocycles. The fraction of sp³-hybridized carbons (Fsp3) is 0.455. The molecule has 1 heterocycles. The molecule has 1 aliphatic rings. The van der Waals surface area contributed by atoms with Crippen molar-refractivity contribution >= 4 is 21.6 Å². The molecule has 2 N–H and O–H groups in total. The molecule has 2 rings (SSSR count). The maximum atomic E-state index is 13.3. The number of anilines is 1. The Balaban J connectivity index is 2.13. The van der Waals surface area contributed by atoms with E-state index in [1.54, 1.807) is 6.07 Å². The van der Waals surface area contributed by atoms with E-state index in [1.807, 2.05) is 0 Å². The van der Waals surface area contributed by atoms with Crippen LogP contribution in [0.25, 0.3) is 0 Å². The Morgan fingerprint density at radius 2 is 2.06 bits per heavy atom. The van der Waals surface area contributed by atoms with Crippen molar-refractivity contribution in [3.63, 3.8) is 0 Å². The minimum absolute atomic E-state index is 0.0600. The first-order valence-corrected chi connectivity index (χ1v) is 5.95. The van der Waals surface area contributed by atoms with E-state index in [-0.39, 0.29) is 11.8 Å². The number of rotatable bonds is 2. The Bertz CT molecular complexity index is 380. The van der Waals surface area contributed by atoms with Crippen molar-refractivity contribution < 1.29 is 13.9 Å². The van der Waals surface area contributed by atoms with Crippen molar-refractivity contribution in [2.24, 2.45) is 0 Å². The second kappa shape index (κ2) is 5.01. The van der Waals surface area contributed by atoms with Crippen LogP contribution in [0.15, 0.2) is 16.6 Å². The summed E-state index contributed by atoms with van der Waals surface area (Å²) in [6.07, 6.45) is 1.69. The first-order chi connectivity index (χ1) is 7.66. The van der Waals surface area contributed by atoms with Crippen LogP contribution in [0.4, 0.5) is 10.1 Å². The van der Waals surface area contributed by atoms with Crippen LogP contribution in [-0.2, 0) is 4.74 Å². The van der Waals surface area contributed by atoms with Crippen molar-refractivity contribution in [2.75, 3.05) is 18.9 Å². The van der Waals surface area contributed by atoms with Gasteiger partial charge >= 0.3 is 0 Å². The lowest BCUT2D eigenvalue weighted by atomic mass is 10.1. The number of ether oxygens (including phenoxy) is 2. The lowest BCUT2D eigenvalue weighted by molar-refractivity contribution is 0.0257. The molecule has 16 heavy (non-hydrogen) atoms. The van der Waals surface area contributed by atoms with E-state index in [1.165, 1.54) is 6.07 Å². The Hall–Kier alpha value is -0.810. The highest BCUT2D eigenvalue weighted by molar-refractivity contribution is 9.10. The first-order valence-electron chi connectivity index (χ1n) is 5.16. The quantitative estimate of drug-likeness (QED) is 0.852. The molecule has 1 fully saturated rings. The van der Waals surface area contributed by atoms with Gasteiger partial charge in [0.1, 0.15) is 17.5 Å². The maximum Gasteiger partial charge on any atom is 0.151 e. The average Bonchev–Trinajstić information content (AvgIpc) is 2.27. The van der Waals surface area contributed by atoms with Crippen LogP contribution in [0.2, 0.25) is 0 Å². The predicted octanol–water partition coefficient (Wildman–Crippen LogP) is 2.73. The molecule has 5 heteroatoms. The molecular formula is C11H13BrFNO2. The SMILES string of the molecule is Nc1c(F)cc(Br)cc1OC1CCOCC1. The smallest absolute Gasteiger partial charge is 0.151 e. The van der Waals surface area contributed by atoms with Gasteiger partial charge in [0.05, 0.1) is 13.2 Å². The van der Waals surface area contributed by atoms with Gasteiger partial charge in [-0.3, -0.25) is 0 Å². The van der Waals surface area contributed by atoms with Gasteiger partial charge in [-0.25, -0.2) is 4.39 Å². The highest BCUT2D eigenvalue weighted by atomic mass is 79.9. The molecule has 0 atom stereocenters. The van der Waals surface area contributed by atoms with E-state index in [0.717, 1.165) is 12.8 Å². The maximum absolute atomic E-state index is 13.3. The molecule has 0 bridgehead atoms. The number of nitrogens with two attached hydrogens (primary N) is 1. The molecule has 0 saturated carbocycles. The lowest BCUT2D eigenvalue weighted by Crippen LogP contribution is -2.26. The third-order valence-electron chi connectivity index (χ3n) is 2.52. The third kappa shape index (κ3) is 2.65. The monoisotopic (exact) mass is 289 g/mol. The second-order valence-corrected chi connectivity index (χ2v) is 4.64. The zero-order valence-electron chi connectivity index (χ0n) is 8.71. The molecule has 88 valence electrons. The van der Waals surface area contributed by atoms with Gasteiger partial charge in [-0.15, -0.1) is 0 Å². The van der Waals surface area contributed by atoms with Gasteiger partial charge in [-0.1, -0.05) is 15.9 Å². The van der Waals surface area contributed by atoms with E-state index in [9.17, 15) is 4.39 Å². The zero-order chi connectivity index (χ0) is 11.5. The van der Waals surface area contributed by atoms with Crippen molar-refractivity contribution in [3.05, 3.63) is 22.4 Å². The van der Waals surface area contributed by atoms with E-state index in [4.69, 9.17) is 15.2 Å². The Kier molecular flexibility index (Phi) is 3.66. The number of hydrogen-bond donors (Lipinski definition) is 1. The van der Waals surface area contributed by atoms with Gasteiger partial charge in [0.25, 0.3) is 0 Å². The first kappa shape index (κ1) is 11.7. The number of nitrogen functional groups attached to an aromatic ring is 1. The van der Waals surface area contributed by atoms with Gasteiger partial charge in [0.2, 0.25) is 0 Å². The second-order valence-electron chi connectivity index (χ2n) is 3.73.